The number of amides is 1. The number of benzene rings is 1. The van der Waals surface area contributed by atoms with Crippen molar-refractivity contribution in [2.45, 2.75) is 38.7 Å². The summed E-state index contributed by atoms with van der Waals surface area (Å²) in [7, 11) is 0. The number of carboxylic acids is 1. The van der Waals surface area contributed by atoms with E-state index in [-0.39, 0.29) is 11.9 Å². The van der Waals surface area contributed by atoms with Crippen LogP contribution < -0.4 is 5.32 Å². The van der Waals surface area contributed by atoms with E-state index in [0.717, 1.165) is 26.1 Å². The van der Waals surface area contributed by atoms with Crippen molar-refractivity contribution >= 4 is 11.9 Å². The van der Waals surface area contributed by atoms with Crippen LogP contribution >= 0.6 is 0 Å². The SMILES string of the molecule is Cc1cccc(CN2Cc3ccnn3C(CCNC(=O)c3ccco3)C2)c1.O=C(O)C(F)(F)F. The smallest absolute Gasteiger partial charge is 0.475 e. The second-order valence-corrected chi connectivity index (χ2v) is 7.90. The molecule has 1 atom stereocenters. The molecule has 0 fully saturated rings. The van der Waals surface area contributed by atoms with Crippen LogP contribution in [0.1, 0.15) is 39.8 Å². The molecule has 1 aliphatic heterocycles. The number of aryl methyl sites for hydroxylation is 1. The van der Waals surface area contributed by atoms with Crippen LogP contribution in [0.4, 0.5) is 13.2 Å². The van der Waals surface area contributed by atoms with E-state index in [2.05, 4.69) is 57.3 Å². The molecule has 1 aliphatic rings. The van der Waals surface area contributed by atoms with Gasteiger partial charge in [-0.3, -0.25) is 14.4 Å². The summed E-state index contributed by atoms with van der Waals surface area (Å²) >= 11 is 0. The van der Waals surface area contributed by atoms with Crippen LogP contribution in [-0.2, 0) is 17.9 Å². The van der Waals surface area contributed by atoms with E-state index in [4.69, 9.17) is 14.3 Å². The molecule has 3 aromatic rings. The summed E-state index contributed by atoms with van der Waals surface area (Å²) in [6, 6.07) is 14.4. The average molecular weight is 478 g/mol. The number of aromatic nitrogens is 2. The number of carboxylic acid groups (broad SMARTS) is 1. The topological polar surface area (TPSA) is 101 Å². The fourth-order valence-electron chi connectivity index (χ4n) is 3.71. The molecule has 1 unspecified atom stereocenters. The summed E-state index contributed by atoms with van der Waals surface area (Å²) in [4.78, 5) is 23.4. The predicted octanol–water partition coefficient (Wildman–Crippen LogP) is 3.79. The van der Waals surface area contributed by atoms with Crippen LogP contribution in [0.25, 0.3) is 0 Å². The predicted molar refractivity (Wildman–Crippen MR) is 116 cm³/mol. The molecule has 2 aromatic heterocycles. The summed E-state index contributed by atoms with van der Waals surface area (Å²) in [6.45, 7) is 5.44. The van der Waals surface area contributed by atoms with Crippen molar-refractivity contribution < 1.29 is 32.3 Å². The van der Waals surface area contributed by atoms with Crippen molar-refractivity contribution in [2.75, 3.05) is 13.1 Å². The highest BCUT2D eigenvalue weighted by Gasteiger charge is 2.38. The molecular weight excluding hydrogens is 453 g/mol. The lowest BCUT2D eigenvalue weighted by atomic mass is 10.1. The largest absolute Gasteiger partial charge is 0.490 e. The summed E-state index contributed by atoms with van der Waals surface area (Å²) in [5.74, 6) is -2.58. The van der Waals surface area contributed by atoms with Crippen LogP contribution in [-0.4, -0.2) is 50.9 Å². The fourth-order valence-corrected chi connectivity index (χ4v) is 3.71. The molecule has 2 N–H and O–H groups in total. The Kier molecular flexibility index (Phi) is 8.11. The van der Waals surface area contributed by atoms with Crippen molar-refractivity contribution in [3.05, 3.63) is 77.5 Å². The molecule has 4 rings (SSSR count). The molecule has 0 spiro atoms. The monoisotopic (exact) mass is 478 g/mol. The molecule has 1 aromatic carbocycles. The Hall–Kier alpha value is -3.60. The number of aliphatic carboxylic acids is 1. The molecule has 8 nitrogen and oxygen atoms in total. The molecule has 3 heterocycles. The number of alkyl halides is 3. The Balaban J connectivity index is 0.000000406. The summed E-state index contributed by atoms with van der Waals surface area (Å²) < 4.78 is 39.0. The number of carbonyl (C=O) groups excluding carboxylic acids is 1. The Morgan fingerprint density at radius 1 is 1.24 bits per heavy atom. The fraction of sp³-hybridized carbons (Fsp3) is 0.348. The quantitative estimate of drug-likeness (QED) is 0.559. The number of carbonyl (C=O) groups is 2. The van der Waals surface area contributed by atoms with Gasteiger partial charge in [-0.15, -0.1) is 0 Å². The number of hydrogen-bond donors (Lipinski definition) is 2. The highest BCUT2D eigenvalue weighted by atomic mass is 19.4. The number of furan rings is 1. The van der Waals surface area contributed by atoms with Gasteiger partial charge in [0.15, 0.2) is 5.76 Å². The summed E-state index contributed by atoms with van der Waals surface area (Å²) in [5, 5.41) is 14.6. The van der Waals surface area contributed by atoms with Crippen LogP contribution in [0.3, 0.4) is 0 Å². The van der Waals surface area contributed by atoms with E-state index < -0.39 is 12.1 Å². The average Bonchev–Trinajstić information content (AvgIpc) is 3.46. The maximum Gasteiger partial charge on any atom is 0.490 e. The Labute approximate surface area is 194 Å². The second kappa shape index (κ2) is 11.0. The van der Waals surface area contributed by atoms with Crippen molar-refractivity contribution in [2.24, 2.45) is 0 Å². The molecule has 0 saturated carbocycles. The van der Waals surface area contributed by atoms with E-state index in [1.807, 2.05) is 6.20 Å². The normalized spacial score (nSPS) is 15.7. The number of nitrogens with zero attached hydrogens (tertiary/aromatic N) is 3. The van der Waals surface area contributed by atoms with Crippen LogP contribution in [0.15, 0.2) is 59.3 Å². The molecule has 0 aliphatic carbocycles. The Bertz CT molecular complexity index is 1100. The molecule has 1 amide bonds. The van der Waals surface area contributed by atoms with Crippen LogP contribution in [0.2, 0.25) is 0 Å². The third-order valence-corrected chi connectivity index (χ3v) is 5.19. The molecule has 182 valence electrons. The lowest BCUT2D eigenvalue weighted by molar-refractivity contribution is -0.192. The van der Waals surface area contributed by atoms with Crippen LogP contribution in [0.5, 0.6) is 0 Å². The van der Waals surface area contributed by atoms with Crippen molar-refractivity contribution in [3.8, 4) is 0 Å². The van der Waals surface area contributed by atoms with Crippen LogP contribution in [0, 0.1) is 6.92 Å². The highest BCUT2D eigenvalue weighted by molar-refractivity contribution is 5.91. The highest BCUT2D eigenvalue weighted by Crippen LogP contribution is 2.24. The van der Waals surface area contributed by atoms with E-state index in [9.17, 15) is 18.0 Å². The zero-order valence-electron chi connectivity index (χ0n) is 18.5. The van der Waals surface area contributed by atoms with E-state index >= 15 is 0 Å². The van der Waals surface area contributed by atoms with Gasteiger partial charge < -0.3 is 14.8 Å². The maximum absolute atomic E-state index is 12.0. The zero-order valence-corrected chi connectivity index (χ0v) is 18.5. The number of nitrogens with one attached hydrogen (secondary N) is 1. The van der Waals surface area contributed by atoms with Gasteiger partial charge in [0.05, 0.1) is 18.0 Å². The minimum atomic E-state index is -5.08. The van der Waals surface area contributed by atoms with Gasteiger partial charge in [0.1, 0.15) is 0 Å². The maximum atomic E-state index is 12.0. The summed E-state index contributed by atoms with van der Waals surface area (Å²) in [5.41, 5.74) is 3.83. The van der Waals surface area contributed by atoms with Crippen molar-refractivity contribution in [1.82, 2.24) is 20.0 Å². The minimum Gasteiger partial charge on any atom is -0.475 e. The third kappa shape index (κ3) is 6.95. The number of rotatable bonds is 6. The first-order chi connectivity index (χ1) is 16.1. The number of hydrogen-bond acceptors (Lipinski definition) is 5. The third-order valence-electron chi connectivity index (χ3n) is 5.19. The minimum absolute atomic E-state index is 0.173. The molecular formula is C23H25F3N4O4. The van der Waals surface area contributed by atoms with Gasteiger partial charge in [-0.2, -0.15) is 18.3 Å². The van der Waals surface area contributed by atoms with Gasteiger partial charge in [0.2, 0.25) is 0 Å². The number of halogens is 3. The lowest BCUT2D eigenvalue weighted by Gasteiger charge is -2.34. The van der Waals surface area contributed by atoms with Crippen molar-refractivity contribution in [3.63, 3.8) is 0 Å². The standard InChI is InChI=1S/C21H24N4O2.C2HF3O2/c1-16-4-2-5-17(12-16)13-24-14-18(25-19(15-24)8-10-23-25)7-9-22-21(26)20-6-3-11-27-20;3-2(4,5)1(6)7/h2-6,8,10-12,18H,7,9,13-15H2,1H3,(H,22,26);(H,6,7). The molecule has 0 bridgehead atoms. The molecule has 11 heteroatoms. The van der Waals surface area contributed by atoms with Gasteiger partial charge in [-0.1, -0.05) is 29.8 Å². The molecule has 34 heavy (non-hydrogen) atoms. The van der Waals surface area contributed by atoms with Gasteiger partial charge in [-0.25, -0.2) is 4.79 Å². The van der Waals surface area contributed by atoms with Gasteiger partial charge >= 0.3 is 12.1 Å². The van der Waals surface area contributed by atoms with Crippen molar-refractivity contribution in [1.29, 1.82) is 0 Å². The van der Waals surface area contributed by atoms with E-state index in [1.54, 1.807) is 12.1 Å². The van der Waals surface area contributed by atoms with Gasteiger partial charge in [-0.05, 0) is 37.1 Å². The first kappa shape index (κ1) is 25.0. The van der Waals surface area contributed by atoms with Gasteiger partial charge in [0, 0.05) is 32.4 Å². The van der Waals surface area contributed by atoms with Gasteiger partial charge in [0.25, 0.3) is 5.91 Å². The Morgan fingerprint density at radius 3 is 2.65 bits per heavy atom. The zero-order chi connectivity index (χ0) is 24.7. The summed E-state index contributed by atoms with van der Waals surface area (Å²) in [6.07, 6.45) is -0.888. The first-order valence-electron chi connectivity index (χ1n) is 10.6. The van der Waals surface area contributed by atoms with E-state index in [0.29, 0.717) is 12.3 Å². The Morgan fingerprint density at radius 2 is 2.00 bits per heavy atom. The first-order valence-corrected chi connectivity index (χ1v) is 10.6. The second-order valence-electron chi connectivity index (χ2n) is 7.90. The molecule has 0 radical (unpaired) electrons. The number of fused-ring (bicyclic) bond motifs is 1. The lowest BCUT2D eigenvalue weighted by Crippen LogP contribution is -2.38. The van der Waals surface area contributed by atoms with E-state index in [1.165, 1.54) is 23.1 Å². The molecule has 0 saturated heterocycles.